The average molecular weight is 400 g/mol. The summed E-state index contributed by atoms with van der Waals surface area (Å²) in [6, 6.07) is 10.5. The Kier molecular flexibility index (Phi) is 10.7. The van der Waals surface area contributed by atoms with Gasteiger partial charge in [0.15, 0.2) is 0 Å². The number of aliphatic hydroxyl groups excluding tert-OH is 2. The molecule has 0 aliphatic heterocycles. The maximum Gasteiger partial charge on any atom is 0.219 e. The fourth-order valence-corrected chi connectivity index (χ4v) is 4.07. The molecular formula is C25H37NO3. The third-order valence-electron chi connectivity index (χ3n) is 5.68. The van der Waals surface area contributed by atoms with Gasteiger partial charge in [0.25, 0.3) is 0 Å². The van der Waals surface area contributed by atoms with Gasteiger partial charge in [-0.1, -0.05) is 54.6 Å². The normalized spacial score (nSPS) is 24.5. The minimum atomic E-state index is -0.466. The van der Waals surface area contributed by atoms with Crippen molar-refractivity contribution in [1.82, 2.24) is 5.32 Å². The highest BCUT2D eigenvalue weighted by atomic mass is 16.3. The zero-order chi connectivity index (χ0) is 20.9. The van der Waals surface area contributed by atoms with Crippen molar-refractivity contribution in [2.45, 2.75) is 70.5 Å². The largest absolute Gasteiger partial charge is 0.393 e. The Balaban J connectivity index is 1.71. The van der Waals surface area contributed by atoms with Crippen LogP contribution in [0.4, 0.5) is 0 Å². The maximum absolute atomic E-state index is 11.4. The van der Waals surface area contributed by atoms with E-state index in [2.05, 4.69) is 53.9 Å². The summed E-state index contributed by atoms with van der Waals surface area (Å²) in [4.78, 5) is 11.4. The van der Waals surface area contributed by atoms with E-state index in [4.69, 9.17) is 0 Å². The van der Waals surface area contributed by atoms with Crippen LogP contribution in [0.2, 0.25) is 0 Å². The van der Waals surface area contributed by atoms with E-state index in [1.54, 1.807) is 0 Å². The number of rotatable bonds is 12. The molecule has 0 bridgehead atoms. The molecule has 160 valence electrons. The number of nitrogens with one attached hydrogen (secondary N) is 1. The molecule has 2 rings (SSSR count). The number of carbonyl (C=O) groups is 1. The highest BCUT2D eigenvalue weighted by Crippen LogP contribution is 2.36. The standard InChI is InChI=1S/C25H37NO3/c1-2-26-25(29)18-12-4-3-10-16-21-22(24(28)19-23(21)27)17-11-6-9-15-20-13-7-5-8-14-20/h3,5,7-8,10-11,13-14,17,21-24,27-28H,2,4,6,9,12,15-16,18-19H2,1H3,(H,26,29). The van der Waals surface area contributed by atoms with Gasteiger partial charge in [-0.05, 0) is 56.9 Å². The van der Waals surface area contributed by atoms with Gasteiger partial charge in [-0.2, -0.15) is 0 Å². The molecule has 4 atom stereocenters. The number of allylic oxidation sites excluding steroid dienone is 3. The quantitative estimate of drug-likeness (QED) is 0.365. The van der Waals surface area contributed by atoms with Crippen LogP contribution in [0.25, 0.3) is 0 Å². The molecule has 1 saturated carbocycles. The molecule has 29 heavy (non-hydrogen) atoms. The smallest absolute Gasteiger partial charge is 0.219 e. The topological polar surface area (TPSA) is 69.6 Å². The highest BCUT2D eigenvalue weighted by molar-refractivity contribution is 5.75. The number of hydrogen-bond acceptors (Lipinski definition) is 3. The third kappa shape index (κ3) is 8.55. The summed E-state index contributed by atoms with van der Waals surface area (Å²) in [5.74, 6) is 0.185. The van der Waals surface area contributed by atoms with Gasteiger partial charge >= 0.3 is 0 Å². The van der Waals surface area contributed by atoms with Gasteiger partial charge in [-0.15, -0.1) is 0 Å². The predicted octanol–water partition coefficient (Wildman–Crippen LogP) is 4.18. The number of carbonyl (C=O) groups excluding carboxylic acids is 1. The van der Waals surface area contributed by atoms with E-state index < -0.39 is 12.2 Å². The van der Waals surface area contributed by atoms with Crippen LogP contribution in [0.3, 0.4) is 0 Å². The molecule has 1 aliphatic carbocycles. The van der Waals surface area contributed by atoms with Gasteiger partial charge in [0, 0.05) is 25.3 Å². The highest BCUT2D eigenvalue weighted by Gasteiger charge is 2.39. The van der Waals surface area contributed by atoms with Gasteiger partial charge in [0.2, 0.25) is 5.91 Å². The fraction of sp³-hybridized carbons (Fsp3) is 0.560. The summed E-state index contributed by atoms with van der Waals surface area (Å²) >= 11 is 0. The summed E-state index contributed by atoms with van der Waals surface area (Å²) in [7, 11) is 0. The van der Waals surface area contributed by atoms with E-state index in [1.165, 1.54) is 5.56 Å². The molecule has 1 aromatic carbocycles. The lowest BCUT2D eigenvalue weighted by atomic mass is 9.89. The van der Waals surface area contributed by atoms with Crippen molar-refractivity contribution in [2.24, 2.45) is 11.8 Å². The number of aliphatic hydroxyl groups is 2. The molecule has 4 nitrogen and oxygen atoms in total. The average Bonchev–Trinajstić information content (AvgIpc) is 2.98. The summed E-state index contributed by atoms with van der Waals surface area (Å²) in [5, 5.41) is 23.5. The molecule has 0 radical (unpaired) electrons. The van der Waals surface area contributed by atoms with Crippen LogP contribution in [-0.4, -0.2) is 34.9 Å². The van der Waals surface area contributed by atoms with Crippen LogP contribution in [0.15, 0.2) is 54.6 Å². The monoisotopic (exact) mass is 399 g/mol. The van der Waals surface area contributed by atoms with Crippen molar-refractivity contribution < 1.29 is 15.0 Å². The number of unbranched alkanes of at least 4 members (excludes halogenated alkanes) is 2. The second-order valence-electron chi connectivity index (χ2n) is 7.97. The Morgan fingerprint density at radius 3 is 2.59 bits per heavy atom. The molecule has 0 aromatic heterocycles. The van der Waals surface area contributed by atoms with Crippen LogP contribution in [0.1, 0.15) is 57.4 Å². The Labute approximate surface area is 175 Å². The van der Waals surface area contributed by atoms with Crippen molar-refractivity contribution in [3.05, 3.63) is 60.2 Å². The Hall–Kier alpha value is -1.91. The molecule has 1 aromatic rings. The zero-order valence-corrected chi connectivity index (χ0v) is 17.7. The molecule has 3 N–H and O–H groups in total. The first-order valence-electron chi connectivity index (χ1n) is 11.1. The second kappa shape index (κ2) is 13.3. The van der Waals surface area contributed by atoms with Gasteiger partial charge in [0.05, 0.1) is 12.2 Å². The molecule has 4 unspecified atom stereocenters. The lowest BCUT2D eigenvalue weighted by molar-refractivity contribution is -0.121. The predicted molar refractivity (Wildman–Crippen MR) is 118 cm³/mol. The lowest BCUT2D eigenvalue weighted by Crippen LogP contribution is -2.21. The first kappa shape index (κ1) is 23.4. The van der Waals surface area contributed by atoms with Crippen LogP contribution in [0, 0.1) is 11.8 Å². The second-order valence-corrected chi connectivity index (χ2v) is 7.97. The molecule has 0 heterocycles. The molecule has 1 fully saturated rings. The number of hydrogen-bond donors (Lipinski definition) is 3. The number of aryl methyl sites for hydroxylation is 1. The van der Waals surface area contributed by atoms with Crippen molar-refractivity contribution in [3.8, 4) is 0 Å². The number of benzene rings is 1. The lowest BCUT2D eigenvalue weighted by Gasteiger charge is -2.19. The third-order valence-corrected chi connectivity index (χ3v) is 5.68. The van der Waals surface area contributed by atoms with E-state index in [0.717, 1.165) is 38.5 Å². The maximum atomic E-state index is 11.4. The first-order valence-corrected chi connectivity index (χ1v) is 11.1. The zero-order valence-electron chi connectivity index (χ0n) is 17.7. The Morgan fingerprint density at radius 1 is 1.07 bits per heavy atom. The van der Waals surface area contributed by atoms with E-state index in [-0.39, 0.29) is 17.7 Å². The summed E-state index contributed by atoms with van der Waals surface area (Å²) in [6.07, 6.45) is 14.1. The van der Waals surface area contributed by atoms with E-state index >= 15 is 0 Å². The van der Waals surface area contributed by atoms with Gasteiger partial charge in [-0.25, -0.2) is 0 Å². The summed E-state index contributed by atoms with van der Waals surface area (Å²) < 4.78 is 0. The fourth-order valence-electron chi connectivity index (χ4n) is 4.07. The summed E-state index contributed by atoms with van der Waals surface area (Å²) in [5.41, 5.74) is 1.35. The van der Waals surface area contributed by atoms with Crippen LogP contribution >= 0.6 is 0 Å². The molecule has 0 spiro atoms. The first-order chi connectivity index (χ1) is 14.1. The summed E-state index contributed by atoms with van der Waals surface area (Å²) in [6.45, 7) is 2.60. The molecular weight excluding hydrogens is 362 g/mol. The van der Waals surface area contributed by atoms with E-state index in [1.807, 2.05) is 13.0 Å². The minimum absolute atomic E-state index is 0.0155. The molecule has 1 aliphatic rings. The van der Waals surface area contributed by atoms with E-state index in [0.29, 0.717) is 19.4 Å². The van der Waals surface area contributed by atoms with Crippen LogP contribution in [-0.2, 0) is 11.2 Å². The minimum Gasteiger partial charge on any atom is -0.393 e. The van der Waals surface area contributed by atoms with E-state index in [9.17, 15) is 15.0 Å². The van der Waals surface area contributed by atoms with Crippen molar-refractivity contribution in [3.63, 3.8) is 0 Å². The van der Waals surface area contributed by atoms with Crippen LogP contribution in [0.5, 0.6) is 0 Å². The van der Waals surface area contributed by atoms with Crippen LogP contribution < -0.4 is 5.32 Å². The molecule has 0 saturated heterocycles. The van der Waals surface area contributed by atoms with Crippen molar-refractivity contribution >= 4 is 5.91 Å². The van der Waals surface area contributed by atoms with Gasteiger partial charge in [0.1, 0.15) is 0 Å². The van der Waals surface area contributed by atoms with Crippen molar-refractivity contribution in [1.29, 1.82) is 0 Å². The van der Waals surface area contributed by atoms with Gasteiger partial charge in [-0.3, -0.25) is 4.79 Å². The molecule has 1 amide bonds. The SMILES string of the molecule is CCNC(=O)CCCC=CCC1C(O)CC(O)C1C=CCCCc1ccccc1. The Bertz CT molecular complexity index is 641. The Morgan fingerprint density at radius 2 is 1.83 bits per heavy atom. The molecule has 4 heteroatoms. The number of amides is 1. The van der Waals surface area contributed by atoms with Gasteiger partial charge < -0.3 is 15.5 Å². The van der Waals surface area contributed by atoms with Crippen molar-refractivity contribution in [2.75, 3.05) is 6.54 Å².